The van der Waals surface area contributed by atoms with Gasteiger partial charge in [0.2, 0.25) is 0 Å². The molecule has 2 amide bonds. The summed E-state index contributed by atoms with van der Waals surface area (Å²) in [6.07, 6.45) is -5.08. The molecule has 0 fully saturated rings. The minimum atomic E-state index is -5.08. The van der Waals surface area contributed by atoms with Gasteiger partial charge in [-0.2, -0.15) is 13.2 Å². The molecule has 3 rings (SSSR count). The SMILES string of the molecule is Cc1cc(CN)oc1C(=O)NCc1ccc2c(c1)CN(C)C2=O.O=C(O)C(F)(F)F. The zero-order valence-electron chi connectivity index (χ0n) is 16.2. The van der Waals surface area contributed by atoms with Crippen molar-refractivity contribution < 1.29 is 37.1 Å². The van der Waals surface area contributed by atoms with E-state index in [0.29, 0.717) is 24.6 Å². The van der Waals surface area contributed by atoms with Crippen LogP contribution in [0.4, 0.5) is 13.2 Å². The topological polar surface area (TPSA) is 126 Å². The van der Waals surface area contributed by atoms with Crippen molar-refractivity contribution in [2.45, 2.75) is 32.7 Å². The normalized spacial score (nSPS) is 12.9. The Hall–Kier alpha value is -3.34. The first-order valence-corrected chi connectivity index (χ1v) is 8.69. The van der Waals surface area contributed by atoms with Crippen LogP contribution >= 0.6 is 0 Å². The number of benzene rings is 1. The molecule has 4 N–H and O–H groups in total. The zero-order valence-corrected chi connectivity index (χ0v) is 16.2. The molecule has 0 saturated heterocycles. The second-order valence-corrected chi connectivity index (χ2v) is 6.57. The van der Waals surface area contributed by atoms with Crippen molar-refractivity contribution in [3.8, 4) is 0 Å². The molecular formula is C19H20F3N3O5. The molecule has 1 aromatic carbocycles. The quantitative estimate of drug-likeness (QED) is 0.687. The van der Waals surface area contributed by atoms with Crippen molar-refractivity contribution in [2.75, 3.05) is 7.05 Å². The van der Waals surface area contributed by atoms with Crippen molar-refractivity contribution in [2.24, 2.45) is 5.73 Å². The summed E-state index contributed by atoms with van der Waals surface area (Å²) in [4.78, 5) is 34.6. The number of aliphatic carboxylic acids is 1. The third-order valence-electron chi connectivity index (χ3n) is 4.23. The number of fused-ring (bicyclic) bond motifs is 1. The Balaban J connectivity index is 0.000000396. The maximum Gasteiger partial charge on any atom is 0.490 e. The van der Waals surface area contributed by atoms with Gasteiger partial charge in [-0.3, -0.25) is 9.59 Å². The van der Waals surface area contributed by atoms with Crippen LogP contribution < -0.4 is 11.1 Å². The van der Waals surface area contributed by atoms with Gasteiger partial charge in [-0.05, 0) is 30.2 Å². The average molecular weight is 427 g/mol. The lowest BCUT2D eigenvalue weighted by Gasteiger charge is -2.06. The maximum atomic E-state index is 12.2. The van der Waals surface area contributed by atoms with Crippen LogP contribution in [0.15, 0.2) is 28.7 Å². The minimum Gasteiger partial charge on any atom is -0.475 e. The number of furan rings is 1. The molecule has 8 nitrogen and oxygen atoms in total. The highest BCUT2D eigenvalue weighted by molar-refractivity contribution is 5.98. The number of carbonyl (C=O) groups excluding carboxylic acids is 2. The molecule has 2 heterocycles. The van der Waals surface area contributed by atoms with Crippen molar-refractivity contribution >= 4 is 17.8 Å². The van der Waals surface area contributed by atoms with E-state index in [9.17, 15) is 22.8 Å². The molecule has 2 aromatic rings. The minimum absolute atomic E-state index is 0.0381. The van der Waals surface area contributed by atoms with E-state index < -0.39 is 12.1 Å². The van der Waals surface area contributed by atoms with Gasteiger partial charge in [0, 0.05) is 31.3 Å². The number of hydrogen-bond donors (Lipinski definition) is 3. The van der Waals surface area contributed by atoms with E-state index >= 15 is 0 Å². The molecule has 0 spiro atoms. The van der Waals surface area contributed by atoms with Crippen LogP contribution in [0.3, 0.4) is 0 Å². The summed E-state index contributed by atoms with van der Waals surface area (Å²) < 4.78 is 37.2. The molecule has 0 bridgehead atoms. The second-order valence-electron chi connectivity index (χ2n) is 6.57. The highest BCUT2D eigenvalue weighted by atomic mass is 19.4. The number of nitrogens with one attached hydrogen (secondary N) is 1. The molecule has 0 aliphatic carbocycles. The van der Waals surface area contributed by atoms with E-state index in [1.807, 2.05) is 25.1 Å². The van der Waals surface area contributed by atoms with Crippen molar-refractivity contribution in [3.05, 3.63) is 58.0 Å². The molecule has 0 radical (unpaired) electrons. The molecule has 1 aliphatic rings. The highest BCUT2D eigenvalue weighted by Gasteiger charge is 2.38. The standard InChI is InChI=1S/C17H19N3O3.C2HF3O2/c1-10-5-13(7-18)23-15(10)16(21)19-8-11-3-4-14-12(6-11)9-20(2)17(14)22;3-2(4,5)1(6)7/h3-6H,7-9,18H2,1-2H3,(H,19,21);(H,6,7). The Labute approximate surface area is 169 Å². The maximum absolute atomic E-state index is 12.2. The Morgan fingerprint density at radius 3 is 2.47 bits per heavy atom. The first-order chi connectivity index (χ1) is 13.9. The number of alkyl halides is 3. The lowest BCUT2D eigenvalue weighted by molar-refractivity contribution is -0.192. The summed E-state index contributed by atoms with van der Waals surface area (Å²) >= 11 is 0. The smallest absolute Gasteiger partial charge is 0.475 e. The monoisotopic (exact) mass is 427 g/mol. The number of carboxylic acid groups (broad SMARTS) is 1. The van der Waals surface area contributed by atoms with Gasteiger partial charge in [0.05, 0.1) is 6.54 Å². The van der Waals surface area contributed by atoms with E-state index in [-0.39, 0.29) is 18.4 Å². The van der Waals surface area contributed by atoms with Crippen LogP contribution in [-0.4, -0.2) is 41.0 Å². The average Bonchev–Trinajstić information content (AvgIpc) is 3.19. The summed E-state index contributed by atoms with van der Waals surface area (Å²) in [6, 6.07) is 7.40. The molecule has 1 aliphatic heterocycles. The lowest BCUT2D eigenvalue weighted by Crippen LogP contribution is -2.23. The number of nitrogens with two attached hydrogens (primary N) is 1. The van der Waals surface area contributed by atoms with Crippen LogP contribution in [0, 0.1) is 6.92 Å². The fourth-order valence-electron chi connectivity index (χ4n) is 2.77. The highest BCUT2D eigenvalue weighted by Crippen LogP contribution is 2.22. The number of hydrogen-bond acceptors (Lipinski definition) is 5. The van der Waals surface area contributed by atoms with Crippen molar-refractivity contribution in [1.29, 1.82) is 0 Å². The summed E-state index contributed by atoms with van der Waals surface area (Å²) in [6.45, 7) is 3.06. The van der Waals surface area contributed by atoms with Crippen molar-refractivity contribution in [3.63, 3.8) is 0 Å². The van der Waals surface area contributed by atoms with Gasteiger partial charge in [-0.1, -0.05) is 12.1 Å². The van der Waals surface area contributed by atoms with Gasteiger partial charge < -0.3 is 25.5 Å². The van der Waals surface area contributed by atoms with Crippen molar-refractivity contribution in [1.82, 2.24) is 10.2 Å². The van der Waals surface area contributed by atoms with Crippen LogP contribution in [0.5, 0.6) is 0 Å². The van der Waals surface area contributed by atoms with E-state index in [2.05, 4.69) is 5.32 Å². The van der Waals surface area contributed by atoms with E-state index in [4.69, 9.17) is 20.1 Å². The largest absolute Gasteiger partial charge is 0.490 e. The number of aryl methyl sites for hydroxylation is 1. The molecule has 162 valence electrons. The lowest BCUT2D eigenvalue weighted by atomic mass is 10.1. The molecule has 11 heteroatoms. The molecule has 30 heavy (non-hydrogen) atoms. The van der Waals surface area contributed by atoms with Gasteiger partial charge in [-0.25, -0.2) is 4.79 Å². The van der Waals surface area contributed by atoms with Gasteiger partial charge in [0.25, 0.3) is 11.8 Å². The van der Waals surface area contributed by atoms with E-state index in [0.717, 1.165) is 22.3 Å². The predicted molar refractivity (Wildman–Crippen MR) is 98.4 cm³/mol. The third kappa shape index (κ3) is 5.38. The van der Waals surface area contributed by atoms with Crippen LogP contribution in [0.1, 0.15) is 43.4 Å². The number of amides is 2. The predicted octanol–water partition coefficient (Wildman–Crippen LogP) is 2.20. The molecule has 1 aromatic heterocycles. The molecule has 0 unspecified atom stereocenters. The summed E-state index contributed by atoms with van der Waals surface area (Å²) in [5.74, 6) is -2.10. The summed E-state index contributed by atoms with van der Waals surface area (Å²) in [7, 11) is 1.78. The number of carboxylic acids is 1. The Morgan fingerprint density at radius 2 is 1.93 bits per heavy atom. The van der Waals surface area contributed by atoms with Crippen LogP contribution in [0.2, 0.25) is 0 Å². The second kappa shape index (κ2) is 8.99. The summed E-state index contributed by atoms with van der Waals surface area (Å²) in [5.41, 5.74) is 8.95. The number of nitrogens with zero attached hydrogens (tertiary/aromatic N) is 1. The first-order valence-electron chi connectivity index (χ1n) is 8.69. The Morgan fingerprint density at radius 1 is 1.30 bits per heavy atom. The summed E-state index contributed by atoms with van der Waals surface area (Å²) in [5, 5.41) is 9.96. The van der Waals surface area contributed by atoms with E-state index in [1.165, 1.54) is 0 Å². The van der Waals surface area contributed by atoms with Gasteiger partial charge >= 0.3 is 12.1 Å². The first kappa shape index (κ1) is 22.9. The Bertz CT molecular complexity index is 969. The van der Waals surface area contributed by atoms with E-state index in [1.54, 1.807) is 18.0 Å². The third-order valence-corrected chi connectivity index (χ3v) is 4.23. The van der Waals surface area contributed by atoms with Gasteiger partial charge in [-0.15, -0.1) is 0 Å². The van der Waals surface area contributed by atoms with Crippen LogP contribution in [0.25, 0.3) is 0 Å². The fraction of sp³-hybridized carbons (Fsp3) is 0.316. The number of rotatable bonds is 4. The molecular weight excluding hydrogens is 407 g/mol. The molecule has 0 atom stereocenters. The Kier molecular flexibility index (Phi) is 6.88. The van der Waals surface area contributed by atoms with Gasteiger partial charge in [0.15, 0.2) is 5.76 Å². The number of carbonyl (C=O) groups is 3. The number of halogens is 3. The van der Waals surface area contributed by atoms with Crippen LogP contribution in [-0.2, 0) is 24.4 Å². The fourth-order valence-corrected chi connectivity index (χ4v) is 2.77. The zero-order chi connectivity index (χ0) is 22.6. The van der Waals surface area contributed by atoms with Gasteiger partial charge in [0.1, 0.15) is 5.76 Å². The molecule has 0 saturated carbocycles.